The van der Waals surface area contributed by atoms with Crippen molar-refractivity contribution in [1.82, 2.24) is 9.97 Å². The third kappa shape index (κ3) is 3.42. The summed E-state index contributed by atoms with van der Waals surface area (Å²) in [7, 11) is 0. The van der Waals surface area contributed by atoms with Crippen LogP contribution in [0.3, 0.4) is 0 Å². The van der Waals surface area contributed by atoms with Gasteiger partial charge in [0.1, 0.15) is 11.4 Å². The first-order valence-corrected chi connectivity index (χ1v) is 7.23. The highest BCUT2D eigenvalue weighted by molar-refractivity contribution is 5.94. The zero-order chi connectivity index (χ0) is 16.3. The summed E-state index contributed by atoms with van der Waals surface area (Å²) in [4.78, 5) is 20.1. The average molecular weight is 299 g/mol. The number of hydrogen-bond acceptors (Lipinski definition) is 5. The van der Waals surface area contributed by atoms with E-state index in [9.17, 15) is 4.79 Å². The second-order valence-corrected chi connectivity index (χ2v) is 6.04. The SMILES string of the molecule is CCOC(=O)c1cnc(-c2ccc(C(C)(C)C)cc2)nc1N. The van der Waals surface area contributed by atoms with Gasteiger partial charge in [-0.3, -0.25) is 0 Å². The van der Waals surface area contributed by atoms with E-state index in [4.69, 9.17) is 10.5 Å². The lowest BCUT2D eigenvalue weighted by molar-refractivity contribution is 0.0527. The Balaban J connectivity index is 2.30. The molecule has 0 radical (unpaired) electrons. The summed E-state index contributed by atoms with van der Waals surface area (Å²) in [5.74, 6) is 0.115. The fraction of sp³-hybridized carbons (Fsp3) is 0.353. The van der Waals surface area contributed by atoms with Gasteiger partial charge in [0.05, 0.1) is 6.61 Å². The average Bonchev–Trinajstić information content (AvgIpc) is 2.46. The molecule has 0 unspecified atom stereocenters. The number of nitrogens with two attached hydrogens (primary N) is 1. The summed E-state index contributed by atoms with van der Waals surface area (Å²) in [5.41, 5.74) is 8.20. The molecular weight excluding hydrogens is 278 g/mol. The number of hydrogen-bond donors (Lipinski definition) is 1. The summed E-state index contributed by atoms with van der Waals surface area (Å²) < 4.78 is 4.91. The van der Waals surface area contributed by atoms with Crippen LogP contribution in [0.5, 0.6) is 0 Å². The first-order chi connectivity index (χ1) is 10.3. The van der Waals surface area contributed by atoms with Crippen molar-refractivity contribution in [2.24, 2.45) is 0 Å². The first-order valence-electron chi connectivity index (χ1n) is 7.23. The molecule has 116 valence electrons. The monoisotopic (exact) mass is 299 g/mol. The van der Waals surface area contributed by atoms with Gasteiger partial charge in [-0.15, -0.1) is 0 Å². The highest BCUT2D eigenvalue weighted by atomic mass is 16.5. The van der Waals surface area contributed by atoms with Crippen LogP contribution < -0.4 is 5.73 Å². The molecule has 0 bridgehead atoms. The Hall–Kier alpha value is -2.43. The Bertz CT molecular complexity index is 673. The van der Waals surface area contributed by atoms with E-state index in [-0.39, 0.29) is 23.4 Å². The number of anilines is 1. The standard InChI is InChI=1S/C17H21N3O2/c1-5-22-16(21)13-10-19-15(20-14(13)18)11-6-8-12(9-7-11)17(2,3)4/h6-10H,5H2,1-4H3,(H2,18,19,20). The summed E-state index contributed by atoms with van der Waals surface area (Å²) in [6, 6.07) is 8.01. The molecule has 5 heteroatoms. The minimum atomic E-state index is -0.505. The van der Waals surface area contributed by atoms with E-state index in [1.807, 2.05) is 24.3 Å². The molecule has 0 saturated carbocycles. The van der Waals surface area contributed by atoms with Gasteiger partial charge in [0.25, 0.3) is 0 Å². The Morgan fingerprint density at radius 1 is 1.23 bits per heavy atom. The van der Waals surface area contributed by atoms with E-state index < -0.39 is 5.97 Å². The molecule has 0 saturated heterocycles. The van der Waals surface area contributed by atoms with E-state index in [2.05, 4.69) is 30.7 Å². The van der Waals surface area contributed by atoms with Crippen molar-refractivity contribution in [1.29, 1.82) is 0 Å². The quantitative estimate of drug-likeness (QED) is 0.880. The van der Waals surface area contributed by atoms with Crippen molar-refractivity contribution in [2.45, 2.75) is 33.1 Å². The number of esters is 1. The predicted octanol–water partition coefficient (Wildman–Crippen LogP) is 3.20. The van der Waals surface area contributed by atoms with Gasteiger partial charge in [-0.2, -0.15) is 0 Å². The lowest BCUT2D eigenvalue weighted by Crippen LogP contribution is -2.11. The van der Waals surface area contributed by atoms with Gasteiger partial charge < -0.3 is 10.5 Å². The van der Waals surface area contributed by atoms with Gasteiger partial charge in [0, 0.05) is 11.8 Å². The highest BCUT2D eigenvalue weighted by Gasteiger charge is 2.16. The molecule has 5 nitrogen and oxygen atoms in total. The van der Waals surface area contributed by atoms with Crippen LogP contribution >= 0.6 is 0 Å². The Kier molecular flexibility index (Phi) is 4.45. The van der Waals surface area contributed by atoms with Gasteiger partial charge in [-0.05, 0) is 17.9 Å². The number of nitrogens with zero attached hydrogens (tertiary/aromatic N) is 2. The summed E-state index contributed by atoms with van der Waals surface area (Å²) in [6.07, 6.45) is 1.41. The molecule has 2 aromatic rings. The molecular formula is C17H21N3O2. The van der Waals surface area contributed by atoms with Crippen LogP contribution in [-0.2, 0) is 10.2 Å². The number of ether oxygens (including phenoxy) is 1. The maximum Gasteiger partial charge on any atom is 0.343 e. The summed E-state index contributed by atoms with van der Waals surface area (Å²) in [5, 5.41) is 0. The summed E-state index contributed by atoms with van der Waals surface area (Å²) in [6.45, 7) is 8.49. The first kappa shape index (κ1) is 15.9. The van der Waals surface area contributed by atoms with Crippen molar-refractivity contribution in [3.8, 4) is 11.4 Å². The highest BCUT2D eigenvalue weighted by Crippen LogP contribution is 2.25. The minimum Gasteiger partial charge on any atom is -0.462 e. The van der Waals surface area contributed by atoms with Crippen molar-refractivity contribution < 1.29 is 9.53 Å². The second kappa shape index (κ2) is 6.13. The molecule has 22 heavy (non-hydrogen) atoms. The number of nitrogen functional groups attached to an aromatic ring is 1. The van der Waals surface area contributed by atoms with Crippen LogP contribution in [0.1, 0.15) is 43.6 Å². The number of rotatable bonds is 3. The smallest absolute Gasteiger partial charge is 0.343 e. The summed E-state index contributed by atoms with van der Waals surface area (Å²) >= 11 is 0. The number of carbonyl (C=O) groups excluding carboxylic acids is 1. The Morgan fingerprint density at radius 2 is 1.86 bits per heavy atom. The van der Waals surface area contributed by atoms with Crippen LogP contribution in [0.15, 0.2) is 30.5 Å². The third-order valence-electron chi connectivity index (χ3n) is 3.32. The van der Waals surface area contributed by atoms with Crippen molar-refractivity contribution >= 4 is 11.8 Å². The predicted molar refractivity (Wildman–Crippen MR) is 86.5 cm³/mol. The number of benzene rings is 1. The zero-order valence-electron chi connectivity index (χ0n) is 13.4. The maximum atomic E-state index is 11.7. The van der Waals surface area contributed by atoms with E-state index in [0.717, 1.165) is 5.56 Å². The van der Waals surface area contributed by atoms with Crippen LogP contribution in [0.2, 0.25) is 0 Å². The normalized spacial score (nSPS) is 11.3. The van der Waals surface area contributed by atoms with Gasteiger partial charge in [-0.25, -0.2) is 14.8 Å². The fourth-order valence-electron chi connectivity index (χ4n) is 2.02. The van der Waals surface area contributed by atoms with Crippen molar-refractivity contribution in [3.05, 3.63) is 41.6 Å². The zero-order valence-corrected chi connectivity index (χ0v) is 13.4. The third-order valence-corrected chi connectivity index (χ3v) is 3.32. The van der Waals surface area contributed by atoms with E-state index in [0.29, 0.717) is 5.82 Å². The fourth-order valence-corrected chi connectivity index (χ4v) is 2.02. The lowest BCUT2D eigenvalue weighted by Gasteiger charge is -2.19. The lowest BCUT2D eigenvalue weighted by atomic mass is 9.87. The maximum absolute atomic E-state index is 11.7. The molecule has 0 fully saturated rings. The van der Waals surface area contributed by atoms with E-state index in [1.165, 1.54) is 11.8 Å². The van der Waals surface area contributed by atoms with Crippen LogP contribution in [0, 0.1) is 0 Å². The van der Waals surface area contributed by atoms with Crippen molar-refractivity contribution in [2.75, 3.05) is 12.3 Å². The molecule has 0 amide bonds. The van der Waals surface area contributed by atoms with Gasteiger partial charge in [0.15, 0.2) is 5.82 Å². The number of aromatic nitrogens is 2. The Morgan fingerprint density at radius 3 is 2.36 bits per heavy atom. The molecule has 0 spiro atoms. The second-order valence-electron chi connectivity index (χ2n) is 6.04. The molecule has 1 aromatic carbocycles. The van der Waals surface area contributed by atoms with Crippen molar-refractivity contribution in [3.63, 3.8) is 0 Å². The molecule has 2 rings (SSSR count). The van der Waals surface area contributed by atoms with Gasteiger partial charge >= 0.3 is 5.97 Å². The Labute approximate surface area is 130 Å². The topological polar surface area (TPSA) is 78.1 Å². The molecule has 0 aliphatic carbocycles. The van der Waals surface area contributed by atoms with Crippen LogP contribution in [0.4, 0.5) is 5.82 Å². The van der Waals surface area contributed by atoms with Gasteiger partial charge in [-0.1, -0.05) is 45.0 Å². The molecule has 1 heterocycles. The van der Waals surface area contributed by atoms with Gasteiger partial charge in [0.2, 0.25) is 0 Å². The molecule has 0 aliphatic rings. The van der Waals surface area contributed by atoms with Crippen LogP contribution in [0.25, 0.3) is 11.4 Å². The minimum absolute atomic E-state index is 0.0895. The largest absolute Gasteiger partial charge is 0.462 e. The molecule has 2 N–H and O–H groups in total. The molecule has 1 aromatic heterocycles. The van der Waals surface area contributed by atoms with E-state index >= 15 is 0 Å². The molecule has 0 atom stereocenters. The molecule has 0 aliphatic heterocycles. The van der Waals surface area contributed by atoms with Crippen LogP contribution in [-0.4, -0.2) is 22.5 Å². The number of carbonyl (C=O) groups is 1. The van der Waals surface area contributed by atoms with E-state index in [1.54, 1.807) is 6.92 Å².